The maximum atomic E-state index is 12.8. The fourth-order valence-electron chi connectivity index (χ4n) is 3.96. The molecule has 2 aliphatic rings. The van der Waals surface area contributed by atoms with Gasteiger partial charge in [-0.05, 0) is 54.5 Å². The summed E-state index contributed by atoms with van der Waals surface area (Å²) in [6.45, 7) is 1.59. The van der Waals surface area contributed by atoms with Gasteiger partial charge in [-0.2, -0.15) is 0 Å². The van der Waals surface area contributed by atoms with Crippen LogP contribution in [0.15, 0.2) is 41.3 Å². The number of aromatic nitrogens is 1. The fraction of sp³-hybridized carbons (Fsp3) is 0.400. The largest absolute Gasteiger partial charge is 0.373 e. The normalized spacial score (nSPS) is 19.9. The van der Waals surface area contributed by atoms with Crippen LogP contribution < -0.4 is 10.9 Å². The molecule has 2 aromatic rings. The van der Waals surface area contributed by atoms with Crippen molar-refractivity contribution in [3.05, 3.63) is 63.0 Å². The van der Waals surface area contributed by atoms with Crippen LogP contribution in [-0.2, 0) is 17.6 Å². The summed E-state index contributed by atoms with van der Waals surface area (Å²) in [5.41, 5.74) is 3.21. The minimum Gasteiger partial charge on any atom is -0.373 e. The van der Waals surface area contributed by atoms with Crippen LogP contribution in [0.5, 0.6) is 0 Å². The second kappa shape index (κ2) is 7.16. The Labute approximate surface area is 157 Å². The zero-order valence-corrected chi connectivity index (χ0v) is 15.3. The van der Waals surface area contributed by atoms with Crippen LogP contribution in [0, 0.1) is 5.92 Å². The lowest BCUT2D eigenvalue weighted by molar-refractivity contribution is -0.133. The van der Waals surface area contributed by atoms with Crippen LogP contribution in [0.3, 0.4) is 0 Å². The first-order valence-corrected chi connectivity index (χ1v) is 9.47. The predicted octanol–water partition coefficient (Wildman–Crippen LogP) is 2.85. The van der Waals surface area contributed by atoms with Crippen molar-refractivity contribution in [2.75, 3.05) is 18.4 Å². The minimum atomic E-state index is -0.181. The molecule has 1 aromatic heterocycles. The Morgan fingerprint density at radius 1 is 1.19 bits per heavy atom. The molecule has 4 rings (SSSR count). The summed E-state index contributed by atoms with van der Waals surface area (Å²) in [5.74, 6) is 0.734. The first-order valence-electron chi connectivity index (χ1n) is 9.10. The SMILES string of the molecule is O=C(C1Cc2cc(Cl)ccc2N1)N1CCC(Cc2ccc(=O)[nH]c2)CC1. The Kier molecular flexibility index (Phi) is 4.72. The third-order valence-corrected chi connectivity index (χ3v) is 5.65. The van der Waals surface area contributed by atoms with Gasteiger partial charge in [0.15, 0.2) is 0 Å². The molecule has 0 bridgehead atoms. The molecular formula is C20H22ClN3O2. The predicted molar refractivity (Wildman–Crippen MR) is 103 cm³/mol. The van der Waals surface area contributed by atoms with Crippen molar-refractivity contribution in [2.45, 2.75) is 31.7 Å². The molecule has 1 saturated heterocycles. The first kappa shape index (κ1) is 17.2. The average Bonchev–Trinajstić information content (AvgIpc) is 3.07. The van der Waals surface area contributed by atoms with E-state index in [-0.39, 0.29) is 17.5 Å². The molecule has 0 saturated carbocycles. The fourth-order valence-corrected chi connectivity index (χ4v) is 4.16. The molecular weight excluding hydrogens is 350 g/mol. The van der Waals surface area contributed by atoms with Crippen molar-refractivity contribution in [1.82, 2.24) is 9.88 Å². The zero-order valence-electron chi connectivity index (χ0n) is 14.5. The van der Waals surface area contributed by atoms with Crippen molar-refractivity contribution in [1.29, 1.82) is 0 Å². The van der Waals surface area contributed by atoms with Gasteiger partial charge in [0.05, 0.1) is 0 Å². The Balaban J connectivity index is 1.31. The van der Waals surface area contributed by atoms with Crippen LogP contribution >= 0.6 is 11.6 Å². The van der Waals surface area contributed by atoms with Gasteiger partial charge < -0.3 is 15.2 Å². The van der Waals surface area contributed by atoms with E-state index in [0.29, 0.717) is 17.4 Å². The molecule has 1 atom stereocenters. The van der Waals surface area contributed by atoms with Gasteiger partial charge in [0.2, 0.25) is 11.5 Å². The lowest BCUT2D eigenvalue weighted by Gasteiger charge is -2.33. The molecule has 5 nitrogen and oxygen atoms in total. The molecule has 1 amide bonds. The van der Waals surface area contributed by atoms with Crippen LogP contribution in [0.25, 0.3) is 0 Å². The molecule has 0 aliphatic carbocycles. The molecule has 0 spiro atoms. The van der Waals surface area contributed by atoms with Crippen LogP contribution in [0.2, 0.25) is 5.02 Å². The number of fused-ring (bicyclic) bond motifs is 1. The van der Waals surface area contributed by atoms with Crippen molar-refractivity contribution in [3.8, 4) is 0 Å². The number of hydrogen-bond donors (Lipinski definition) is 2. The van der Waals surface area contributed by atoms with E-state index in [9.17, 15) is 9.59 Å². The molecule has 26 heavy (non-hydrogen) atoms. The summed E-state index contributed by atoms with van der Waals surface area (Å²) in [6.07, 6.45) is 5.44. The summed E-state index contributed by atoms with van der Waals surface area (Å²) in [5, 5.41) is 4.04. The molecule has 1 unspecified atom stereocenters. The molecule has 136 valence electrons. The number of amides is 1. The Hall–Kier alpha value is -2.27. The van der Waals surface area contributed by atoms with Gasteiger partial charge in [-0.15, -0.1) is 0 Å². The summed E-state index contributed by atoms with van der Waals surface area (Å²) in [6, 6.07) is 9.02. The second-order valence-corrected chi connectivity index (χ2v) is 7.67. The Bertz CT molecular complexity index is 851. The van der Waals surface area contributed by atoms with Crippen molar-refractivity contribution in [2.24, 2.45) is 5.92 Å². The second-order valence-electron chi connectivity index (χ2n) is 7.24. The molecule has 6 heteroatoms. The van der Waals surface area contributed by atoms with Crippen LogP contribution in [0.4, 0.5) is 5.69 Å². The maximum Gasteiger partial charge on any atom is 0.247 e. The number of piperidine rings is 1. The number of carbonyl (C=O) groups excluding carboxylic acids is 1. The van der Waals surface area contributed by atoms with Gasteiger partial charge in [-0.1, -0.05) is 17.7 Å². The maximum absolute atomic E-state index is 12.8. The van der Waals surface area contributed by atoms with E-state index >= 15 is 0 Å². The van der Waals surface area contributed by atoms with Crippen LogP contribution in [0.1, 0.15) is 24.0 Å². The highest BCUT2D eigenvalue weighted by Gasteiger charge is 2.32. The summed E-state index contributed by atoms with van der Waals surface area (Å²) < 4.78 is 0. The summed E-state index contributed by atoms with van der Waals surface area (Å²) >= 11 is 6.05. The van der Waals surface area contributed by atoms with Crippen LogP contribution in [-0.4, -0.2) is 34.9 Å². The topological polar surface area (TPSA) is 65.2 Å². The minimum absolute atomic E-state index is 0.0690. The molecule has 1 aromatic carbocycles. The molecule has 2 aliphatic heterocycles. The van der Waals surface area contributed by atoms with E-state index in [2.05, 4.69) is 10.3 Å². The number of rotatable bonds is 3. The van der Waals surface area contributed by atoms with E-state index in [1.54, 1.807) is 12.3 Å². The first-order chi connectivity index (χ1) is 12.6. The quantitative estimate of drug-likeness (QED) is 0.871. The van der Waals surface area contributed by atoms with E-state index in [0.717, 1.165) is 49.2 Å². The Morgan fingerprint density at radius 3 is 2.73 bits per heavy atom. The number of likely N-dealkylation sites (tertiary alicyclic amines) is 1. The third kappa shape index (κ3) is 3.63. The highest BCUT2D eigenvalue weighted by molar-refractivity contribution is 6.30. The smallest absolute Gasteiger partial charge is 0.247 e. The molecule has 0 radical (unpaired) electrons. The summed E-state index contributed by atoms with van der Waals surface area (Å²) in [7, 11) is 0. The number of nitrogens with one attached hydrogen (secondary N) is 2. The van der Waals surface area contributed by atoms with Gasteiger partial charge in [-0.25, -0.2) is 0 Å². The zero-order chi connectivity index (χ0) is 18.1. The molecule has 3 heterocycles. The standard InChI is InChI=1S/C20H22ClN3O2/c21-16-2-3-17-15(10-16)11-18(23-17)20(26)24-7-5-13(6-8-24)9-14-1-4-19(25)22-12-14/h1-4,10,12-13,18,23H,5-9,11H2,(H,22,25). The third-order valence-electron chi connectivity index (χ3n) is 5.42. The van der Waals surface area contributed by atoms with E-state index in [1.165, 1.54) is 0 Å². The Morgan fingerprint density at radius 2 is 2.00 bits per heavy atom. The van der Waals surface area contributed by atoms with E-state index < -0.39 is 0 Å². The van der Waals surface area contributed by atoms with E-state index in [1.807, 2.05) is 29.2 Å². The van der Waals surface area contributed by atoms with Crippen molar-refractivity contribution < 1.29 is 4.79 Å². The number of pyridine rings is 1. The monoisotopic (exact) mass is 371 g/mol. The van der Waals surface area contributed by atoms with Gasteiger partial charge >= 0.3 is 0 Å². The molecule has 2 N–H and O–H groups in total. The van der Waals surface area contributed by atoms with Gasteiger partial charge in [0.1, 0.15) is 6.04 Å². The van der Waals surface area contributed by atoms with Gasteiger partial charge in [-0.3, -0.25) is 9.59 Å². The summed E-state index contributed by atoms with van der Waals surface area (Å²) in [4.78, 5) is 28.7. The lowest BCUT2D eigenvalue weighted by atomic mass is 9.90. The number of nitrogens with zero attached hydrogens (tertiary/aromatic N) is 1. The average molecular weight is 372 g/mol. The molecule has 1 fully saturated rings. The number of carbonyl (C=O) groups is 1. The number of halogens is 1. The number of benzene rings is 1. The van der Waals surface area contributed by atoms with Gasteiger partial charge in [0, 0.05) is 42.5 Å². The highest BCUT2D eigenvalue weighted by Crippen LogP contribution is 2.30. The highest BCUT2D eigenvalue weighted by atomic mass is 35.5. The number of anilines is 1. The number of H-pyrrole nitrogens is 1. The van der Waals surface area contributed by atoms with Crippen molar-refractivity contribution in [3.63, 3.8) is 0 Å². The lowest BCUT2D eigenvalue weighted by Crippen LogP contribution is -2.46. The number of hydrogen-bond acceptors (Lipinski definition) is 3. The van der Waals surface area contributed by atoms with E-state index in [4.69, 9.17) is 11.6 Å². The van der Waals surface area contributed by atoms with Crippen molar-refractivity contribution >= 4 is 23.2 Å². The number of aromatic amines is 1. The van der Waals surface area contributed by atoms with Gasteiger partial charge in [0.25, 0.3) is 0 Å².